The van der Waals surface area contributed by atoms with Crippen molar-refractivity contribution in [2.24, 2.45) is 5.92 Å². The highest BCUT2D eigenvalue weighted by molar-refractivity contribution is 5.78. The first-order valence-electron chi connectivity index (χ1n) is 5.70. The first-order valence-corrected chi connectivity index (χ1v) is 5.70. The Morgan fingerprint density at radius 1 is 1.50 bits per heavy atom. The summed E-state index contributed by atoms with van der Waals surface area (Å²) in [5.41, 5.74) is 0. The van der Waals surface area contributed by atoms with Crippen LogP contribution in [0.1, 0.15) is 26.2 Å². The normalized spacial score (nSPS) is 34.0. The van der Waals surface area contributed by atoms with Crippen LogP contribution in [0.5, 0.6) is 0 Å². The summed E-state index contributed by atoms with van der Waals surface area (Å²) in [5.74, 6) is -0.625. The number of esters is 1. The first kappa shape index (κ1) is 11.2. The fraction of sp³-hybridized carbons (Fsp3) is 0.818. The third-order valence-corrected chi connectivity index (χ3v) is 3.46. The van der Waals surface area contributed by atoms with E-state index < -0.39 is 0 Å². The summed E-state index contributed by atoms with van der Waals surface area (Å²) in [6, 6.07) is -0.0440. The Kier molecular flexibility index (Phi) is 3.03. The minimum atomic E-state index is -0.390. The van der Waals surface area contributed by atoms with Crippen LogP contribution in [-0.4, -0.2) is 42.8 Å². The fourth-order valence-corrected chi connectivity index (χ4v) is 2.66. The number of hydrogen-bond donors (Lipinski definition) is 0. The smallest absolute Gasteiger partial charge is 0.410 e. The van der Waals surface area contributed by atoms with Crippen molar-refractivity contribution >= 4 is 12.1 Å². The zero-order valence-electron chi connectivity index (χ0n) is 9.64. The Balaban J connectivity index is 2.21. The lowest BCUT2D eigenvalue weighted by molar-refractivity contribution is -0.157. The molecule has 0 spiro atoms. The fourth-order valence-electron chi connectivity index (χ4n) is 2.66. The van der Waals surface area contributed by atoms with Crippen molar-refractivity contribution in [2.75, 3.05) is 13.7 Å². The van der Waals surface area contributed by atoms with Crippen molar-refractivity contribution in [3.05, 3.63) is 0 Å². The molecule has 0 aromatic heterocycles. The summed E-state index contributed by atoms with van der Waals surface area (Å²) in [5, 5.41) is 0. The summed E-state index contributed by atoms with van der Waals surface area (Å²) in [4.78, 5) is 25.0. The maximum atomic E-state index is 11.7. The standard InChI is InChI=1S/C11H17NO4/c1-7-9(10(13)15-2)8-5-3-4-6-12(8)11(14)16-7/h7-9H,3-6H2,1-2H3/t7-,8+,9-/m1/s1. The summed E-state index contributed by atoms with van der Waals surface area (Å²) >= 11 is 0. The Morgan fingerprint density at radius 3 is 2.94 bits per heavy atom. The van der Waals surface area contributed by atoms with Crippen molar-refractivity contribution in [3.8, 4) is 0 Å². The van der Waals surface area contributed by atoms with E-state index in [9.17, 15) is 9.59 Å². The van der Waals surface area contributed by atoms with Crippen molar-refractivity contribution in [2.45, 2.75) is 38.3 Å². The van der Waals surface area contributed by atoms with Gasteiger partial charge in [-0.25, -0.2) is 4.79 Å². The lowest BCUT2D eigenvalue weighted by Crippen LogP contribution is -2.58. The highest BCUT2D eigenvalue weighted by Crippen LogP contribution is 2.32. The molecule has 90 valence electrons. The van der Waals surface area contributed by atoms with E-state index in [1.165, 1.54) is 7.11 Å². The third kappa shape index (κ3) is 1.74. The minimum Gasteiger partial charge on any atom is -0.469 e. The van der Waals surface area contributed by atoms with Gasteiger partial charge in [0.15, 0.2) is 0 Å². The molecule has 2 fully saturated rings. The average molecular weight is 227 g/mol. The van der Waals surface area contributed by atoms with E-state index in [1.54, 1.807) is 11.8 Å². The number of rotatable bonds is 1. The molecule has 0 aromatic rings. The molecule has 2 rings (SSSR count). The van der Waals surface area contributed by atoms with Crippen LogP contribution < -0.4 is 0 Å². The van der Waals surface area contributed by atoms with E-state index in [2.05, 4.69) is 0 Å². The monoisotopic (exact) mass is 227 g/mol. The van der Waals surface area contributed by atoms with Gasteiger partial charge in [0.25, 0.3) is 0 Å². The highest BCUT2D eigenvalue weighted by Gasteiger charge is 2.46. The van der Waals surface area contributed by atoms with Gasteiger partial charge in [-0.15, -0.1) is 0 Å². The Hall–Kier alpha value is -1.26. The SMILES string of the molecule is COC(=O)[C@@H]1[C@@H](C)OC(=O)N2CCCC[C@@H]12. The molecular formula is C11H17NO4. The number of carbonyl (C=O) groups is 2. The maximum absolute atomic E-state index is 11.7. The van der Waals surface area contributed by atoms with Gasteiger partial charge in [-0.3, -0.25) is 4.79 Å². The van der Waals surface area contributed by atoms with E-state index in [1.807, 2.05) is 0 Å². The van der Waals surface area contributed by atoms with Crippen LogP contribution in [0.3, 0.4) is 0 Å². The molecule has 0 saturated carbocycles. The summed E-state index contributed by atoms with van der Waals surface area (Å²) in [6.45, 7) is 2.44. The predicted octanol–water partition coefficient (Wildman–Crippen LogP) is 1.17. The van der Waals surface area contributed by atoms with Crippen LogP contribution in [-0.2, 0) is 14.3 Å². The second-order valence-corrected chi connectivity index (χ2v) is 4.39. The van der Waals surface area contributed by atoms with Gasteiger partial charge in [0.1, 0.15) is 12.0 Å². The van der Waals surface area contributed by atoms with Crippen LogP contribution in [0.25, 0.3) is 0 Å². The van der Waals surface area contributed by atoms with Crippen molar-refractivity contribution < 1.29 is 19.1 Å². The van der Waals surface area contributed by atoms with Crippen molar-refractivity contribution in [3.63, 3.8) is 0 Å². The number of cyclic esters (lactones) is 1. The number of fused-ring (bicyclic) bond motifs is 1. The number of ether oxygens (including phenoxy) is 2. The molecule has 0 aliphatic carbocycles. The maximum Gasteiger partial charge on any atom is 0.410 e. The molecular weight excluding hydrogens is 210 g/mol. The average Bonchev–Trinajstić information content (AvgIpc) is 2.28. The molecule has 0 unspecified atom stereocenters. The number of piperidine rings is 1. The van der Waals surface area contributed by atoms with Crippen molar-refractivity contribution in [1.29, 1.82) is 0 Å². The largest absolute Gasteiger partial charge is 0.469 e. The number of carbonyl (C=O) groups excluding carboxylic acids is 2. The summed E-state index contributed by atoms with van der Waals surface area (Å²) in [6.07, 6.45) is 2.21. The van der Waals surface area contributed by atoms with E-state index >= 15 is 0 Å². The van der Waals surface area contributed by atoms with Gasteiger partial charge in [0.05, 0.1) is 13.2 Å². The molecule has 16 heavy (non-hydrogen) atoms. The molecule has 2 aliphatic rings. The predicted molar refractivity (Wildman–Crippen MR) is 55.8 cm³/mol. The van der Waals surface area contributed by atoms with Crippen LogP contribution in [0.15, 0.2) is 0 Å². The topological polar surface area (TPSA) is 55.8 Å². The Labute approximate surface area is 94.7 Å². The van der Waals surface area contributed by atoms with Gasteiger partial charge in [0, 0.05) is 6.54 Å². The second kappa shape index (κ2) is 4.31. The Morgan fingerprint density at radius 2 is 2.25 bits per heavy atom. The lowest BCUT2D eigenvalue weighted by Gasteiger charge is -2.44. The molecule has 0 bridgehead atoms. The van der Waals surface area contributed by atoms with Crippen LogP contribution >= 0.6 is 0 Å². The third-order valence-electron chi connectivity index (χ3n) is 3.46. The summed E-state index contributed by atoms with van der Waals surface area (Å²) < 4.78 is 9.96. The zero-order valence-corrected chi connectivity index (χ0v) is 9.64. The van der Waals surface area contributed by atoms with E-state index in [0.29, 0.717) is 6.54 Å². The summed E-state index contributed by atoms with van der Waals surface area (Å²) in [7, 11) is 1.37. The van der Waals surface area contributed by atoms with E-state index in [4.69, 9.17) is 9.47 Å². The van der Waals surface area contributed by atoms with Gasteiger partial charge >= 0.3 is 12.1 Å². The number of amides is 1. The molecule has 0 N–H and O–H groups in total. The molecule has 0 aromatic carbocycles. The van der Waals surface area contributed by atoms with Crippen molar-refractivity contribution in [1.82, 2.24) is 4.90 Å². The van der Waals surface area contributed by atoms with Gasteiger partial charge in [0.2, 0.25) is 0 Å². The molecule has 1 amide bonds. The Bertz CT molecular complexity index is 304. The van der Waals surface area contributed by atoms with Gasteiger partial charge in [-0.2, -0.15) is 0 Å². The van der Waals surface area contributed by atoms with Crippen LogP contribution in [0.4, 0.5) is 4.79 Å². The van der Waals surface area contributed by atoms with Crippen LogP contribution in [0.2, 0.25) is 0 Å². The molecule has 3 atom stereocenters. The zero-order chi connectivity index (χ0) is 11.7. The quantitative estimate of drug-likeness (QED) is 0.631. The molecule has 0 radical (unpaired) electrons. The lowest BCUT2D eigenvalue weighted by atomic mass is 9.86. The van der Waals surface area contributed by atoms with Gasteiger partial charge in [-0.1, -0.05) is 0 Å². The minimum absolute atomic E-state index is 0.0440. The molecule has 5 heteroatoms. The number of hydrogen-bond acceptors (Lipinski definition) is 4. The highest BCUT2D eigenvalue weighted by atomic mass is 16.6. The molecule has 2 heterocycles. The van der Waals surface area contributed by atoms with Gasteiger partial charge in [-0.05, 0) is 26.2 Å². The van der Waals surface area contributed by atoms with Crippen LogP contribution in [0, 0.1) is 5.92 Å². The molecule has 5 nitrogen and oxygen atoms in total. The van der Waals surface area contributed by atoms with E-state index in [0.717, 1.165) is 19.3 Å². The second-order valence-electron chi connectivity index (χ2n) is 4.39. The van der Waals surface area contributed by atoms with E-state index in [-0.39, 0.29) is 30.1 Å². The number of nitrogens with zero attached hydrogens (tertiary/aromatic N) is 1. The first-order chi connectivity index (χ1) is 7.65. The number of methoxy groups -OCH3 is 1. The van der Waals surface area contributed by atoms with Gasteiger partial charge < -0.3 is 14.4 Å². The molecule has 2 aliphatic heterocycles. The molecule has 2 saturated heterocycles.